The first-order chi connectivity index (χ1) is 9.72. The van der Waals surface area contributed by atoms with E-state index in [4.69, 9.17) is 10.5 Å². The smallest absolute Gasteiger partial charge is 0.242 e. The Morgan fingerprint density at radius 1 is 1.35 bits per heavy atom. The Kier molecular flexibility index (Phi) is 5.24. The number of morpholine rings is 1. The number of hydrogen-bond donors (Lipinski definition) is 1. The van der Waals surface area contributed by atoms with Crippen LogP contribution in [-0.4, -0.2) is 50.2 Å². The van der Waals surface area contributed by atoms with Crippen LogP contribution in [0.2, 0.25) is 0 Å². The molecule has 1 aromatic rings. The summed E-state index contributed by atoms with van der Waals surface area (Å²) in [6.45, 7) is 5.93. The lowest BCUT2D eigenvalue weighted by Crippen LogP contribution is -2.46. The van der Waals surface area contributed by atoms with Gasteiger partial charge in [-0.1, -0.05) is 19.1 Å². The number of nitrogens with two attached hydrogens (primary N) is 1. The largest absolute Gasteiger partial charge is 0.397 e. The Bertz CT molecular complexity index is 444. The van der Waals surface area contributed by atoms with E-state index in [1.165, 1.54) is 0 Å². The highest BCUT2D eigenvalue weighted by Crippen LogP contribution is 2.22. The second-order valence-electron chi connectivity index (χ2n) is 4.97. The van der Waals surface area contributed by atoms with Crippen molar-refractivity contribution < 1.29 is 9.53 Å². The molecule has 20 heavy (non-hydrogen) atoms. The molecule has 1 aromatic carbocycles. The van der Waals surface area contributed by atoms with Gasteiger partial charge in [-0.05, 0) is 18.6 Å². The number of anilines is 2. The van der Waals surface area contributed by atoms with Crippen molar-refractivity contribution in [3.63, 3.8) is 0 Å². The second kappa shape index (κ2) is 7.14. The fourth-order valence-corrected chi connectivity index (χ4v) is 2.41. The van der Waals surface area contributed by atoms with Gasteiger partial charge < -0.3 is 20.3 Å². The maximum absolute atomic E-state index is 12.4. The number of amides is 1. The van der Waals surface area contributed by atoms with E-state index in [1.807, 2.05) is 29.2 Å². The standard InChI is InChI=1S/C15H23N3O2/c1-2-7-18(14-6-4-3-5-13(14)16)12-15(19)17-8-10-20-11-9-17/h3-6H,2,7-12,16H2,1H3. The number of benzene rings is 1. The van der Waals surface area contributed by atoms with E-state index in [2.05, 4.69) is 11.8 Å². The maximum atomic E-state index is 12.4. The van der Waals surface area contributed by atoms with Crippen molar-refractivity contribution in [3.8, 4) is 0 Å². The van der Waals surface area contributed by atoms with E-state index in [0.29, 0.717) is 32.8 Å². The normalized spacial score (nSPS) is 15.2. The molecule has 2 rings (SSSR count). The third-order valence-corrected chi connectivity index (χ3v) is 3.46. The van der Waals surface area contributed by atoms with Gasteiger partial charge in [0.05, 0.1) is 31.1 Å². The first-order valence-electron chi connectivity index (χ1n) is 7.17. The predicted octanol–water partition coefficient (Wildman–Crippen LogP) is 1.34. The van der Waals surface area contributed by atoms with Gasteiger partial charge in [-0.25, -0.2) is 0 Å². The Labute approximate surface area is 120 Å². The van der Waals surface area contributed by atoms with Gasteiger partial charge in [-0.2, -0.15) is 0 Å². The number of ether oxygens (including phenoxy) is 1. The van der Waals surface area contributed by atoms with Crippen molar-refractivity contribution in [2.45, 2.75) is 13.3 Å². The lowest BCUT2D eigenvalue weighted by atomic mass is 10.2. The van der Waals surface area contributed by atoms with Gasteiger partial charge in [-0.15, -0.1) is 0 Å². The number of carbonyl (C=O) groups excluding carboxylic acids is 1. The number of rotatable bonds is 5. The highest BCUT2D eigenvalue weighted by molar-refractivity contribution is 5.83. The molecule has 1 saturated heterocycles. The van der Waals surface area contributed by atoms with Crippen LogP contribution in [0.1, 0.15) is 13.3 Å². The van der Waals surface area contributed by atoms with Gasteiger partial charge in [0, 0.05) is 19.6 Å². The molecule has 5 nitrogen and oxygen atoms in total. The Morgan fingerprint density at radius 2 is 2.05 bits per heavy atom. The third kappa shape index (κ3) is 3.63. The molecule has 2 N–H and O–H groups in total. The maximum Gasteiger partial charge on any atom is 0.242 e. The number of carbonyl (C=O) groups is 1. The highest BCUT2D eigenvalue weighted by atomic mass is 16.5. The van der Waals surface area contributed by atoms with Crippen LogP contribution in [0.5, 0.6) is 0 Å². The molecule has 1 aliphatic heterocycles. The summed E-state index contributed by atoms with van der Waals surface area (Å²) in [4.78, 5) is 16.3. The molecule has 1 heterocycles. The van der Waals surface area contributed by atoms with Crippen molar-refractivity contribution in [1.82, 2.24) is 4.90 Å². The summed E-state index contributed by atoms with van der Waals surface area (Å²) in [5.74, 6) is 0.144. The first kappa shape index (κ1) is 14.7. The molecular formula is C15H23N3O2. The van der Waals surface area contributed by atoms with Gasteiger partial charge in [0.1, 0.15) is 0 Å². The minimum absolute atomic E-state index is 0.144. The molecule has 1 fully saturated rings. The molecule has 5 heteroatoms. The van der Waals surface area contributed by atoms with Crippen LogP contribution in [-0.2, 0) is 9.53 Å². The second-order valence-corrected chi connectivity index (χ2v) is 4.97. The molecule has 0 unspecified atom stereocenters. The molecule has 1 aliphatic rings. The molecule has 0 aliphatic carbocycles. The van der Waals surface area contributed by atoms with E-state index in [1.54, 1.807) is 0 Å². The Balaban J connectivity index is 2.05. The van der Waals surface area contributed by atoms with Gasteiger partial charge in [0.2, 0.25) is 5.91 Å². The summed E-state index contributed by atoms with van der Waals surface area (Å²) >= 11 is 0. The molecule has 0 saturated carbocycles. The fraction of sp³-hybridized carbons (Fsp3) is 0.533. The van der Waals surface area contributed by atoms with Crippen LogP contribution in [0, 0.1) is 0 Å². The molecule has 1 amide bonds. The molecule has 0 radical (unpaired) electrons. The summed E-state index contributed by atoms with van der Waals surface area (Å²) in [7, 11) is 0. The van der Waals surface area contributed by atoms with Crippen molar-refractivity contribution in [2.24, 2.45) is 0 Å². The first-order valence-corrected chi connectivity index (χ1v) is 7.17. The van der Waals surface area contributed by atoms with Crippen molar-refractivity contribution >= 4 is 17.3 Å². The SMILES string of the molecule is CCCN(CC(=O)N1CCOCC1)c1ccccc1N. The van der Waals surface area contributed by atoms with Gasteiger partial charge in [0.15, 0.2) is 0 Å². The zero-order valence-electron chi connectivity index (χ0n) is 12.0. The lowest BCUT2D eigenvalue weighted by molar-refractivity contribution is -0.133. The van der Waals surface area contributed by atoms with Crippen LogP contribution < -0.4 is 10.6 Å². The molecule has 0 bridgehead atoms. The quantitative estimate of drug-likeness (QED) is 0.825. The minimum atomic E-state index is 0.144. The van der Waals surface area contributed by atoms with E-state index in [9.17, 15) is 4.79 Å². The average molecular weight is 277 g/mol. The predicted molar refractivity (Wildman–Crippen MR) is 80.8 cm³/mol. The Morgan fingerprint density at radius 3 is 2.70 bits per heavy atom. The average Bonchev–Trinajstić information content (AvgIpc) is 2.48. The lowest BCUT2D eigenvalue weighted by Gasteiger charge is -2.31. The number of para-hydroxylation sites is 2. The van der Waals surface area contributed by atoms with E-state index in [-0.39, 0.29) is 5.91 Å². The topological polar surface area (TPSA) is 58.8 Å². The van der Waals surface area contributed by atoms with Crippen molar-refractivity contribution in [3.05, 3.63) is 24.3 Å². The molecular weight excluding hydrogens is 254 g/mol. The molecule has 110 valence electrons. The minimum Gasteiger partial charge on any atom is -0.397 e. The van der Waals surface area contributed by atoms with Crippen LogP contribution in [0.3, 0.4) is 0 Å². The molecule has 0 atom stereocenters. The summed E-state index contributed by atoms with van der Waals surface area (Å²) < 4.78 is 5.28. The van der Waals surface area contributed by atoms with Crippen LogP contribution in [0.15, 0.2) is 24.3 Å². The van der Waals surface area contributed by atoms with Crippen LogP contribution >= 0.6 is 0 Å². The van der Waals surface area contributed by atoms with E-state index >= 15 is 0 Å². The number of nitrogens with zero attached hydrogens (tertiary/aromatic N) is 2. The van der Waals surface area contributed by atoms with E-state index < -0.39 is 0 Å². The van der Waals surface area contributed by atoms with Crippen molar-refractivity contribution in [1.29, 1.82) is 0 Å². The third-order valence-electron chi connectivity index (χ3n) is 3.46. The molecule has 0 aromatic heterocycles. The van der Waals surface area contributed by atoms with Gasteiger partial charge in [-0.3, -0.25) is 4.79 Å². The number of nitrogen functional groups attached to an aromatic ring is 1. The zero-order valence-corrected chi connectivity index (χ0v) is 12.0. The monoisotopic (exact) mass is 277 g/mol. The number of hydrogen-bond acceptors (Lipinski definition) is 4. The summed E-state index contributed by atoms with van der Waals surface area (Å²) in [5, 5.41) is 0. The fourth-order valence-electron chi connectivity index (χ4n) is 2.41. The van der Waals surface area contributed by atoms with Crippen LogP contribution in [0.4, 0.5) is 11.4 Å². The highest BCUT2D eigenvalue weighted by Gasteiger charge is 2.20. The van der Waals surface area contributed by atoms with Crippen molar-refractivity contribution in [2.75, 3.05) is 50.0 Å². The summed E-state index contributed by atoms with van der Waals surface area (Å²) in [5.41, 5.74) is 7.68. The van der Waals surface area contributed by atoms with Crippen LogP contribution in [0.25, 0.3) is 0 Å². The molecule has 0 spiro atoms. The van der Waals surface area contributed by atoms with E-state index in [0.717, 1.165) is 24.3 Å². The van der Waals surface area contributed by atoms with Gasteiger partial charge >= 0.3 is 0 Å². The summed E-state index contributed by atoms with van der Waals surface area (Å²) in [6, 6.07) is 7.70. The van der Waals surface area contributed by atoms with Gasteiger partial charge in [0.25, 0.3) is 0 Å². The zero-order chi connectivity index (χ0) is 14.4. The Hall–Kier alpha value is -1.75. The summed E-state index contributed by atoms with van der Waals surface area (Å²) in [6.07, 6.45) is 0.977.